The van der Waals surface area contributed by atoms with E-state index in [1.54, 1.807) is 0 Å². The fourth-order valence-corrected chi connectivity index (χ4v) is 3.43. The van der Waals surface area contributed by atoms with Crippen LogP contribution in [-0.4, -0.2) is 49.3 Å². The molecule has 4 heteroatoms. The SMILES string of the molecule is CCOC(=O)CCN(C)C1CCOC2(CCCC2)C1. The Balaban J connectivity index is 1.78. The standard InChI is InChI=1S/C15H27NO3/c1-3-18-14(17)6-10-16(2)13-7-11-19-15(12-13)8-4-5-9-15/h13H,3-12H2,1-2H3. The average molecular weight is 269 g/mol. The second-order valence-corrected chi connectivity index (χ2v) is 5.92. The Morgan fingerprint density at radius 3 is 2.84 bits per heavy atom. The monoisotopic (exact) mass is 269 g/mol. The van der Waals surface area contributed by atoms with Crippen molar-refractivity contribution >= 4 is 5.97 Å². The highest BCUT2D eigenvalue weighted by atomic mass is 16.5. The van der Waals surface area contributed by atoms with Gasteiger partial charge in [0, 0.05) is 19.2 Å². The highest BCUT2D eigenvalue weighted by molar-refractivity contribution is 5.69. The van der Waals surface area contributed by atoms with Crippen LogP contribution in [0.2, 0.25) is 0 Å². The summed E-state index contributed by atoms with van der Waals surface area (Å²) in [5, 5.41) is 0. The molecule has 0 aromatic carbocycles. The molecule has 0 aromatic heterocycles. The second kappa shape index (κ2) is 6.71. The third kappa shape index (κ3) is 3.93. The molecule has 4 nitrogen and oxygen atoms in total. The number of carbonyl (C=O) groups is 1. The largest absolute Gasteiger partial charge is 0.466 e. The van der Waals surface area contributed by atoms with E-state index in [-0.39, 0.29) is 11.6 Å². The fraction of sp³-hybridized carbons (Fsp3) is 0.933. The first-order valence-corrected chi connectivity index (χ1v) is 7.65. The Bertz CT molecular complexity index is 300. The van der Waals surface area contributed by atoms with Crippen LogP contribution in [0.1, 0.15) is 51.9 Å². The first-order valence-electron chi connectivity index (χ1n) is 7.65. The van der Waals surface area contributed by atoms with Gasteiger partial charge in [-0.15, -0.1) is 0 Å². The molecule has 1 spiro atoms. The van der Waals surface area contributed by atoms with Crippen LogP contribution in [-0.2, 0) is 14.3 Å². The van der Waals surface area contributed by atoms with Crippen molar-refractivity contribution in [2.45, 2.75) is 63.5 Å². The van der Waals surface area contributed by atoms with Crippen LogP contribution in [0.3, 0.4) is 0 Å². The normalized spacial score (nSPS) is 25.9. The maximum Gasteiger partial charge on any atom is 0.307 e. The van der Waals surface area contributed by atoms with Gasteiger partial charge >= 0.3 is 5.97 Å². The molecule has 1 saturated carbocycles. The Labute approximate surface area is 116 Å². The van der Waals surface area contributed by atoms with E-state index < -0.39 is 0 Å². The molecule has 0 radical (unpaired) electrons. The molecule has 0 N–H and O–H groups in total. The Morgan fingerprint density at radius 1 is 1.42 bits per heavy atom. The van der Waals surface area contributed by atoms with Gasteiger partial charge in [0.2, 0.25) is 0 Å². The summed E-state index contributed by atoms with van der Waals surface area (Å²) in [6, 6.07) is 0.557. The first-order chi connectivity index (χ1) is 9.15. The summed E-state index contributed by atoms with van der Waals surface area (Å²) in [6.45, 7) is 3.99. The number of carbonyl (C=O) groups excluding carboxylic acids is 1. The molecule has 1 aliphatic carbocycles. The van der Waals surface area contributed by atoms with Crippen molar-refractivity contribution in [2.24, 2.45) is 0 Å². The molecule has 1 heterocycles. The highest BCUT2D eigenvalue weighted by Crippen LogP contribution is 2.40. The summed E-state index contributed by atoms with van der Waals surface area (Å²) in [7, 11) is 2.12. The van der Waals surface area contributed by atoms with Crippen LogP contribution < -0.4 is 0 Å². The van der Waals surface area contributed by atoms with Crippen molar-refractivity contribution < 1.29 is 14.3 Å². The predicted octanol–water partition coefficient (Wildman–Crippen LogP) is 2.36. The van der Waals surface area contributed by atoms with Gasteiger partial charge in [-0.3, -0.25) is 4.79 Å². The van der Waals surface area contributed by atoms with Gasteiger partial charge < -0.3 is 14.4 Å². The van der Waals surface area contributed by atoms with Crippen LogP contribution in [0.25, 0.3) is 0 Å². The molecule has 0 amide bonds. The van der Waals surface area contributed by atoms with Crippen LogP contribution in [0, 0.1) is 0 Å². The van der Waals surface area contributed by atoms with Gasteiger partial charge in [-0.05, 0) is 39.7 Å². The summed E-state index contributed by atoms with van der Waals surface area (Å²) in [5.41, 5.74) is 0.154. The van der Waals surface area contributed by atoms with E-state index in [1.807, 2.05) is 6.92 Å². The number of hydrogen-bond acceptors (Lipinski definition) is 4. The molecule has 1 aliphatic heterocycles. The van der Waals surface area contributed by atoms with Gasteiger partial charge in [-0.25, -0.2) is 0 Å². The van der Waals surface area contributed by atoms with E-state index in [0.717, 1.165) is 26.0 Å². The smallest absolute Gasteiger partial charge is 0.307 e. The lowest BCUT2D eigenvalue weighted by molar-refractivity contribution is -0.143. The molecular formula is C15H27NO3. The van der Waals surface area contributed by atoms with Gasteiger partial charge in [0.15, 0.2) is 0 Å². The number of esters is 1. The molecule has 2 aliphatic rings. The van der Waals surface area contributed by atoms with E-state index in [2.05, 4.69) is 11.9 Å². The summed E-state index contributed by atoms with van der Waals surface area (Å²) >= 11 is 0. The van der Waals surface area contributed by atoms with Crippen LogP contribution in [0.4, 0.5) is 0 Å². The van der Waals surface area contributed by atoms with Crippen molar-refractivity contribution in [3.63, 3.8) is 0 Å². The maximum atomic E-state index is 11.4. The third-order valence-corrected chi connectivity index (χ3v) is 4.58. The van der Waals surface area contributed by atoms with E-state index in [4.69, 9.17) is 9.47 Å². The lowest BCUT2D eigenvalue weighted by Gasteiger charge is -2.41. The van der Waals surface area contributed by atoms with Crippen molar-refractivity contribution in [1.29, 1.82) is 0 Å². The lowest BCUT2D eigenvalue weighted by atomic mass is 9.88. The van der Waals surface area contributed by atoms with Gasteiger partial charge in [-0.2, -0.15) is 0 Å². The van der Waals surface area contributed by atoms with Crippen LogP contribution in [0.5, 0.6) is 0 Å². The van der Waals surface area contributed by atoms with E-state index in [0.29, 0.717) is 19.1 Å². The molecule has 1 unspecified atom stereocenters. The van der Waals surface area contributed by atoms with Crippen molar-refractivity contribution in [3.05, 3.63) is 0 Å². The maximum absolute atomic E-state index is 11.4. The topological polar surface area (TPSA) is 38.8 Å². The number of rotatable bonds is 5. The van der Waals surface area contributed by atoms with E-state index in [9.17, 15) is 4.79 Å². The molecule has 110 valence electrons. The van der Waals surface area contributed by atoms with Crippen molar-refractivity contribution in [1.82, 2.24) is 4.90 Å². The van der Waals surface area contributed by atoms with Crippen molar-refractivity contribution in [2.75, 3.05) is 26.8 Å². The van der Waals surface area contributed by atoms with Crippen molar-refractivity contribution in [3.8, 4) is 0 Å². The molecule has 0 bridgehead atoms. The third-order valence-electron chi connectivity index (χ3n) is 4.58. The minimum Gasteiger partial charge on any atom is -0.466 e. The van der Waals surface area contributed by atoms with E-state index in [1.165, 1.54) is 25.7 Å². The Hall–Kier alpha value is -0.610. The minimum atomic E-state index is -0.0861. The second-order valence-electron chi connectivity index (χ2n) is 5.92. The molecule has 19 heavy (non-hydrogen) atoms. The molecule has 2 fully saturated rings. The Morgan fingerprint density at radius 2 is 2.16 bits per heavy atom. The van der Waals surface area contributed by atoms with Gasteiger partial charge in [-0.1, -0.05) is 12.8 Å². The quantitative estimate of drug-likeness (QED) is 0.718. The summed E-state index contributed by atoms with van der Waals surface area (Å²) < 4.78 is 11.0. The zero-order valence-corrected chi connectivity index (χ0v) is 12.3. The summed E-state index contributed by atoms with van der Waals surface area (Å²) in [5.74, 6) is -0.0861. The molecule has 2 rings (SSSR count). The minimum absolute atomic E-state index is 0.0861. The number of hydrogen-bond donors (Lipinski definition) is 0. The molecule has 0 aromatic rings. The average Bonchev–Trinajstić information content (AvgIpc) is 2.84. The van der Waals surface area contributed by atoms with Crippen LogP contribution >= 0.6 is 0 Å². The van der Waals surface area contributed by atoms with Crippen LogP contribution in [0.15, 0.2) is 0 Å². The van der Waals surface area contributed by atoms with E-state index >= 15 is 0 Å². The van der Waals surface area contributed by atoms with Gasteiger partial charge in [0.1, 0.15) is 0 Å². The summed E-state index contributed by atoms with van der Waals surface area (Å²) in [4.78, 5) is 13.7. The summed E-state index contributed by atoms with van der Waals surface area (Å²) in [6.07, 6.45) is 7.76. The predicted molar refractivity (Wildman–Crippen MR) is 74.1 cm³/mol. The highest BCUT2D eigenvalue weighted by Gasteiger charge is 2.40. The van der Waals surface area contributed by atoms with Gasteiger partial charge in [0.05, 0.1) is 18.6 Å². The zero-order chi connectivity index (χ0) is 13.7. The fourth-order valence-electron chi connectivity index (χ4n) is 3.43. The Kier molecular flexibility index (Phi) is 5.22. The zero-order valence-electron chi connectivity index (χ0n) is 12.3. The van der Waals surface area contributed by atoms with Gasteiger partial charge in [0.25, 0.3) is 0 Å². The number of ether oxygens (including phenoxy) is 2. The molecule has 1 atom stereocenters. The first kappa shape index (κ1) is 14.8. The molecular weight excluding hydrogens is 242 g/mol. The lowest BCUT2D eigenvalue weighted by Crippen LogP contribution is -2.46. The molecule has 1 saturated heterocycles. The number of nitrogens with zero attached hydrogens (tertiary/aromatic N) is 1.